The highest BCUT2D eigenvalue weighted by Gasteiger charge is 2.08. The average Bonchev–Trinajstić information content (AvgIpc) is 2.69. The van der Waals surface area contributed by atoms with Crippen LogP contribution in [-0.4, -0.2) is 42.4 Å². The Bertz CT molecular complexity index is 498. The van der Waals surface area contributed by atoms with Gasteiger partial charge in [0, 0.05) is 13.2 Å². The van der Waals surface area contributed by atoms with Gasteiger partial charge in [0.1, 0.15) is 5.52 Å². The van der Waals surface area contributed by atoms with E-state index in [-0.39, 0.29) is 12.6 Å². The van der Waals surface area contributed by atoms with Crippen molar-refractivity contribution in [2.24, 2.45) is 0 Å². The first-order valence-electron chi connectivity index (χ1n) is 5.43. The molecule has 0 spiro atoms. The maximum Gasteiger partial charge on any atom is 0.222 e. The molecule has 2 heterocycles. The van der Waals surface area contributed by atoms with Gasteiger partial charge in [-0.1, -0.05) is 0 Å². The molecule has 17 heavy (non-hydrogen) atoms. The van der Waals surface area contributed by atoms with Crippen molar-refractivity contribution in [2.45, 2.75) is 25.5 Å². The Morgan fingerprint density at radius 2 is 2.18 bits per heavy atom. The fourth-order valence-electron chi connectivity index (χ4n) is 1.61. The highest BCUT2D eigenvalue weighted by Crippen LogP contribution is 2.11. The molecule has 2 aromatic heterocycles. The summed E-state index contributed by atoms with van der Waals surface area (Å²) in [6, 6.07) is 0. The number of imidazole rings is 1. The molecule has 4 N–H and O–H groups in total. The molecule has 0 aliphatic rings. The average molecular weight is 237 g/mol. The summed E-state index contributed by atoms with van der Waals surface area (Å²) in [5.74, 6) is 0.204. The summed E-state index contributed by atoms with van der Waals surface area (Å²) in [4.78, 5) is 12.1. The van der Waals surface area contributed by atoms with Crippen LogP contribution < -0.4 is 5.73 Å². The topological polar surface area (TPSA) is 110 Å². The number of aryl methyl sites for hydroxylation is 1. The quantitative estimate of drug-likeness (QED) is 0.649. The number of aromatic nitrogens is 4. The maximum absolute atomic E-state index is 9.52. The highest BCUT2D eigenvalue weighted by molar-refractivity contribution is 5.70. The van der Waals surface area contributed by atoms with E-state index in [9.17, 15) is 5.11 Å². The monoisotopic (exact) mass is 237 g/mol. The van der Waals surface area contributed by atoms with E-state index in [1.165, 1.54) is 0 Å². The molecular formula is C10H15N5O2. The van der Waals surface area contributed by atoms with Gasteiger partial charge < -0.3 is 20.5 Å². The summed E-state index contributed by atoms with van der Waals surface area (Å²) >= 11 is 0. The molecule has 7 heteroatoms. The third kappa shape index (κ3) is 2.69. The molecule has 92 valence electrons. The molecule has 0 saturated carbocycles. The van der Waals surface area contributed by atoms with Gasteiger partial charge in [0.2, 0.25) is 5.95 Å². The normalized spacial score (nSPS) is 13.1. The summed E-state index contributed by atoms with van der Waals surface area (Å²) in [7, 11) is 0. The Hall–Kier alpha value is -1.73. The van der Waals surface area contributed by atoms with Crippen molar-refractivity contribution in [3.63, 3.8) is 0 Å². The van der Waals surface area contributed by atoms with Crippen molar-refractivity contribution in [3.8, 4) is 0 Å². The molecule has 0 amide bonds. The first-order valence-corrected chi connectivity index (χ1v) is 5.43. The van der Waals surface area contributed by atoms with Crippen LogP contribution in [0.4, 0.5) is 5.95 Å². The molecule has 0 saturated heterocycles. The van der Waals surface area contributed by atoms with E-state index < -0.39 is 6.10 Å². The number of anilines is 1. The molecule has 1 atom stereocenters. The summed E-state index contributed by atoms with van der Waals surface area (Å²) in [5.41, 5.74) is 6.85. The minimum Gasteiger partial charge on any atom is -0.396 e. The van der Waals surface area contributed by atoms with Crippen LogP contribution in [0.15, 0.2) is 12.5 Å². The van der Waals surface area contributed by atoms with Crippen molar-refractivity contribution >= 4 is 17.1 Å². The van der Waals surface area contributed by atoms with E-state index >= 15 is 0 Å². The van der Waals surface area contributed by atoms with Gasteiger partial charge >= 0.3 is 0 Å². The fraction of sp³-hybridized carbons (Fsp3) is 0.500. The lowest BCUT2D eigenvalue weighted by molar-refractivity contribution is 0.121. The number of nitrogens with two attached hydrogens (primary N) is 1. The van der Waals surface area contributed by atoms with Gasteiger partial charge in [-0.25, -0.2) is 9.97 Å². The third-order valence-electron chi connectivity index (χ3n) is 2.54. The van der Waals surface area contributed by atoms with Crippen LogP contribution in [0.5, 0.6) is 0 Å². The molecule has 2 aromatic rings. The van der Waals surface area contributed by atoms with E-state index in [4.69, 9.17) is 10.8 Å². The predicted octanol–water partition coefficient (Wildman–Crippen LogP) is -0.458. The Morgan fingerprint density at radius 1 is 1.35 bits per heavy atom. The van der Waals surface area contributed by atoms with Crippen molar-refractivity contribution < 1.29 is 10.2 Å². The smallest absolute Gasteiger partial charge is 0.222 e. The molecule has 1 unspecified atom stereocenters. The SMILES string of the molecule is Nc1ncc2ncn(CCC(O)CCO)c2n1. The first-order chi connectivity index (χ1) is 8.20. The van der Waals surface area contributed by atoms with Crippen molar-refractivity contribution in [3.05, 3.63) is 12.5 Å². The van der Waals surface area contributed by atoms with Crippen molar-refractivity contribution in [1.82, 2.24) is 19.5 Å². The molecule has 2 rings (SSSR count). The van der Waals surface area contributed by atoms with Crippen molar-refractivity contribution in [2.75, 3.05) is 12.3 Å². The molecule has 0 aliphatic carbocycles. The van der Waals surface area contributed by atoms with E-state index in [1.807, 2.05) is 4.57 Å². The highest BCUT2D eigenvalue weighted by atomic mass is 16.3. The molecule has 0 fully saturated rings. The summed E-state index contributed by atoms with van der Waals surface area (Å²) in [6.45, 7) is 0.565. The molecular weight excluding hydrogens is 222 g/mol. The largest absolute Gasteiger partial charge is 0.396 e. The number of nitrogens with zero attached hydrogens (tertiary/aromatic N) is 4. The lowest BCUT2D eigenvalue weighted by Crippen LogP contribution is -2.12. The van der Waals surface area contributed by atoms with Gasteiger partial charge in [-0.15, -0.1) is 0 Å². The van der Waals surface area contributed by atoms with Gasteiger partial charge in [0.05, 0.1) is 18.6 Å². The number of fused-ring (bicyclic) bond motifs is 1. The molecule has 0 bridgehead atoms. The van der Waals surface area contributed by atoms with Crippen LogP contribution in [0.25, 0.3) is 11.2 Å². The Morgan fingerprint density at radius 3 is 2.94 bits per heavy atom. The van der Waals surface area contributed by atoms with Gasteiger partial charge in [-0.2, -0.15) is 4.98 Å². The number of rotatable bonds is 5. The standard InChI is InChI=1S/C10H15N5O2/c11-10-12-5-8-9(14-10)15(6-13-8)3-1-7(17)2-4-16/h5-7,16-17H,1-4H2,(H2,11,12,14). The minimum absolute atomic E-state index is 0.0129. The Labute approximate surface area is 97.9 Å². The zero-order valence-corrected chi connectivity index (χ0v) is 9.32. The third-order valence-corrected chi connectivity index (χ3v) is 2.54. The van der Waals surface area contributed by atoms with E-state index in [0.29, 0.717) is 30.6 Å². The molecule has 7 nitrogen and oxygen atoms in total. The van der Waals surface area contributed by atoms with Gasteiger partial charge in [0.15, 0.2) is 5.65 Å². The fourth-order valence-corrected chi connectivity index (χ4v) is 1.61. The number of hydrogen-bond acceptors (Lipinski definition) is 6. The first kappa shape index (κ1) is 11.7. The summed E-state index contributed by atoms with van der Waals surface area (Å²) in [6.07, 6.45) is 3.61. The number of hydrogen-bond donors (Lipinski definition) is 3. The minimum atomic E-state index is -0.517. The zero-order valence-electron chi connectivity index (χ0n) is 9.32. The summed E-state index contributed by atoms with van der Waals surface area (Å²) in [5, 5.41) is 18.2. The predicted molar refractivity (Wildman–Crippen MR) is 62.1 cm³/mol. The Kier molecular flexibility index (Phi) is 3.50. The van der Waals surface area contributed by atoms with Crippen LogP contribution in [0.1, 0.15) is 12.8 Å². The number of nitrogen functional groups attached to an aromatic ring is 1. The lowest BCUT2D eigenvalue weighted by atomic mass is 10.2. The van der Waals surface area contributed by atoms with Crippen LogP contribution in [0, 0.1) is 0 Å². The second kappa shape index (κ2) is 5.07. The number of aliphatic hydroxyl groups is 2. The second-order valence-electron chi connectivity index (χ2n) is 3.83. The molecule has 0 aromatic carbocycles. The number of aliphatic hydroxyl groups excluding tert-OH is 2. The maximum atomic E-state index is 9.52. The van der Waals surface area contributed by atoms with Crippen molar-refractivity contribution in [1.29, 1.82) is 0 Å². The Balaban J connectivity index is 2.10. The molecule has 0 radical (unpaired) electrons. The van der Waals surface area contributed by atoms with Gasteiger partial charge in [-0.3, -0.25) is 0 Å². The van der Waals surface area contributed by atoms with Gasteiger partial charge in [0.25, 0.3) is 0 Å². The van der Waals surface area contributed by atoms with Crippen LogP contribution in [-0.2, 0) is 6.54 Å². The molecule has 0 aliphatic heterocycles. The van der Waals surface area contributed by atoms with E-state index in [2.05, 4.69) is 15.0 Å². The van der Waals surface area contributed by atoms with Gasteiger partial charge in [-0.05, 0) is 12.8 Å². The van der Waals surface area contributed by atoms with Crippen LogP contribution >= 0.6 is 0 Å². The van der Waals surface area contributed by atoms with E-state index in [0.717, 1.165) is 0 Å². The summed E-state index contributed by atoms with van der Waals surface area (Å²) < 4.78 is 1.81. The van der Waals surface area contributed by atoms with Crippen LogP contribution in [0.2, 0.25) is 0 Å². The second-order valence-corrected chi connectivity index (χ2v) is 3.83. The van der Waals surface area contributed by atoms with E-state index in [1.54, 1.807) is 12.5 Å². The van der Waals surface area contributed by atoms with Crippen LogP contribution in [0.3, 0.4) is 0 Å². The zero-order chi connectivity index (χ0) is 12.3. The lowest BCUT2D eigenvalue weighted by Gasteiger charge is -2.09.